The van der Waals surface area contributed by atoms with Crippen LogP contribution in [0.25, 0.3) is 22.3 Å². The molecule has 2 saturated carbocycles. The van der Waals surface area contributed by atoms with Gasteiger partial charge in [0, 0.05) is 46.0 Å². The van der Waals surface area contributed by atoms with E-state index >= 15 is 0 Å². The quantitative estimate of drug-likeness (QED) is 0.415. The number of aromatic hydroxyl groups is 2. The number of allylic oxidation sites excluding steroid dienone is 2. The topological polar surface area (TPSA) is 62.8 Å². The third-order valence-corrected chi connectivity index (χ3v) is 8.74. The van der Waals surface area contributed by atoms with Crippen molar-refractivity contribution < 1.29 is 19.4 Å². The average Bonchev–Trinajstić information content (AvgIpc) is 3.29. The largest absolute Gasteiger partial charge is 0.508 e. The molecule has 33 heavy (non-hydrogen) atoms. The zero-order chi connectivity index (χ0) is 23.3. The molecule has 4 heteroatoms. The van der Waals surface area contributed by atoms with Gasteiger partial charge in [-0.1, -0.05) is 25.5 Å². The molecule has 172 valence electrons. The van der Waals surface area contributed by atoms with E-state index < -0.39 is 0 Å². The summed E-state index contributed by atoms with van der Waals surface area (Å²) in [5, 5.41) is 22.1. The highest BCUT2D eigenvalue weighted by Gasteiger charge is 2.69. The molecule has 3 aliphatic rings. The summed E-state index contributed by atoms with van der Waals surface area (Å²) in [7, 11) is 0. The molecule has 4 atom stereocenters. The van der Waals surface area contributed by atoms with Crippen molar-refractivity contribution in [3.63, 3.8) is 0 Å². The van der Waals surface area contributed by atoms with Gasteiger partial charge >= 0.3 is 0 Å². The Morgan fingerprint density at radius 3 is 2.67 bits per heavy atom. The van der Waals surface area contributed by atoms with Gasteiger partial charge in [-0.3, -0.25) is 0 Å². The van der Waals surface area contributed by atoms with Crippen molar-refractivity contribution in [2.45, 2.75) is 65.4 Å². The number of furan rings is 1. The van der Waals surface area contributed by atoms with Gasteiger partial charge in [0.1, 0.15) is 34.2 Å². The first-order valence-corrected chi connectivity index (χ1v) is 12.0. The minimum Gasteiger partial charge on any atom is -0.508 e. The van der Waals surface area contributed by atoms with Gasteiger partial charge in [0.2, 0.25) is 0 Å². The molecule has 0 bridgehead atoms. The van der Waals surface area contributed by atoms with Crippen LogP contribution in [0.3, 0.4) is 0 Å². The second kappa shape index (κ2) is 6.59. The SMILES string of the molecule is CC(C)=CCc1c(O)cc2c(c1-c1cc3ccc(O)cc3o1)[C@H]1[C@@H]3[C@@H](CC[C@]3(C)O2)C1(C)C. The van der Waals surface area contributed by atoms with Gasteiger partial charge in [0.25, 0.3) is 0 Å². The molecule has 3 aromatic rings. The minimum atomic E-state index is -0.178. The fourth-order valence-corrected chi connectivity index (χ4v) is 7.16. The van der Waals surface area contributed by atoms with Gasteiger partial charge < -0.3 is 19.4 Å². The van der Waals surface area contributed by atoms with Crippen molar-refractivity contribution >= 4 is 11.0 Å². The molecule has 0 spiro atoms. The van der Waals surface area contributed by atoms with Crippen molar-refractivity contribution in [2.24, 2.45) is 17.3 Å². The number of fused-ring (bicyclic) bond motifs is 3. The molecular formula is C29H32O4. The van der Waals surface area contributed by atoms with E-state index in [4.69, 9.17) is 9.15 Å². The van der Waals surface area contributed by atoms with Gasteiger partial charge in [-0.2, -0.15) is 0 Å². The van der Waals surface area contributed by atoms with E-state index in [9.17, 15) is 10.2 Å². The van der Waals surface area contributed by atoms with Gasteiger partial charge in [-0.25, -0.2) is 0 Å². The fraction of sp³-hybridized carbons (Fsp3) is 0.448. The van der Waals surface area contributed by atoms with E-state index in [0.717, 1.165) is 34.4 Å². The summed E-state index contributed by atoms with van der Waals surface area (Å²) in [4.78, 5) is 0. The Balaban J connectivity index is 1.65. The predicted octanol–water partition coefficient (Wildman–Crippen LogP) is 7.32. The smallest absolute Gasteiger partial charge is 0.138 e. The monoisotopic (exact) mass is 444 g/mol. The number of ether oxygens (including phenoxy) is 1. The second-order valence-electron chi connectivity index (χ2n) is 11.4. The van der Waals surface area contributed by atoms with Crippen LogP contribution in [0.5, 0.6) is 17.2 Å². The summed E-state index contributed by atoms with van der Waals surface area (Å²) in [6, 6.07) is 9.07. The highest BCUT2D eigenvalue weighted by atomic mass is 16.5. The summed E-state index contributed by atoms with van der Waals surface area (Å²) in [6.07, 6.45) is 5.02. The molecule has 4 nitrogen and oxygen atoms in total. The van der Waals surface area contributed by atoms with Crippen molar-refractivity contribution in [3.05, 3.63) is 53.1 Å². The summed E-state index contributed by atoms with van der Waals surface area (Å²) in [6.45, 7) is 11.2. The van der Waals surface area contributed by atoms with Crippen LogP contribution >= 0.6 is 0 Å². The molecule has 2 aromatic carbocycles. The second-order valence-corrected chi connectivity index (χ2v) is 11.4. The molecule has 1 aliphatic heterocycles. The summed E-state index contributed by atoms with van der Waals surface area (Å²) < 4.78 is 13.0. The van der Waals surface area contributed by atoms with Crippen LogP contribution in [0.15, 0.2) is 46.4 Å². The van der Waals surface area contributed by atoms with Gasteiger partial charge in [-0.15, -0.1) is 0 Å². The molecule has 2 heterocycles. The number of phenolic OH excluding ortho intramolecular Hbond substituents is 2. The molecule has 0 amide bonds. The van der Waals surface area contributed by atoms with Gasteiger partial charge in [0.15, 0.2) is 0 Å². The van der Waals surface area contributed by atoms with Crippen LogP contribution in [0.2, 0.25) is 0 Å². The maximum absolute atomic E-state index is 11.2. The highest BCUT2D eigenvalue weighted by Crippen LogP contribution is 2.74. The normalized spacial score (nSPS) is 28.6. The van der Waals surface area contributed by atoms with Crippen LogP contribution < -0.4 is 4.74 Å². The maximum Gasteiger partial charge on any atom is 0.138 e. The zero-order valence-corrected chi connectivity index (χ0v) is 20.0. The van der Waals surface area contributed by atoms with Gasteiger partial charge in [0.05, 0.1) is 0 Å². The summed E-state index contributed by atoms with van der Waals surface area (Å²) >= 11 is 0. The molecule has 2 N–H and O–H groups in total. The Bertz CT molecular complexity index is 1320. The third-order valence-electron chi connectivity index (χ3n) is 8.74. The Kier molecular flexibility index (Phi) is 4.13. The van der Waals surface area contributed by atoms with E-state index in [1.165, 1.54) is 17.6 Å². The molecular weight excluding hydrogens is 412 g/mol. The van der Waals surface area contributed by atoms with Crippen molar-refractivity contribution in [3.8, 4) is 28.6 Å². The summed E-state index contributed by atoms with van der Waals surface area (Å²) in [5.74, 6) is 3.43. The molecule has 0 saturated heterocycles. The number of hydrogen-bond donors (Lipinski definition) is 2. The highest BCUT2D eigenvalue weighted by molar-refractivity contribution is 5.87. The first-order chi connectivity index (χ1) is 15.6. The number of benzene rings is 2. The van der Waals surface area contributed by atoms with E-state index in [0.29, 0.717) is 29.8 Å². The molecule has 2 aliphatic carbocycles. The predicted molar refractivity (Wildman–Crippen MR) is 130 cm³/mol. The molecule has 0 unspecified atom stereocenters. The van der Waals surface area contributed by atoms with Crippen LogP contribution in [0, 0.1) is 17.3 Å². The average molecular weight is 445 g/mol. The molecule has 6 rings (SSSR count). The molecule has 2 fully saturated rings. The van der Waals surface area contributed by atoms with Crippen LogP contribution in [-0.4, -0.2) is 15.8 Å². The van der Waals surface area contributed by atoms with E-state index in [1.54, 1.807) is 12.1 Å². The summed E-state index contributed by atoms with van der Waals surface area (Å²) in [5.41, 5.74) is 4.85. The number of hydrogen-bond acceptors (Lipinski definition) is 4. The van der Waals surface area contributed by atoms with Crippen molar-refractivity contribution in [2.75, 3.05) is 0 Å². The van der Waals surface area contributed by atoms with E-state index in [1.807, 2.05) is 18.2 Å². The van der Waals surface area contributed by atoms with Crippen LogP contribution in [-0.2, 0) is 6.42 Å². The lowest BCUT2D eigenvalue weighted by molar-refractivity contribution is -0.120. The Morgan fingerprint density at radius 2 is 1.91 bits per heavy atom. The molecule has 0 radical (unpaired) electrons. The number of rotatable bonds is 3. The Labute approximate surface area is 194 Å². The maximum atomic E-state index is 11.2. The first-order valence-electron chi connectivity index (χ1n) is 12.0. The lowest BCUT2D eigenvalue weighted by Crippen LogP contribution is -2.59. The lowest BCUT2D eigenvalue weighted by Gasteiger charge is -2.62. The Morgan fingerprint density at radius 1 is 1.12 bits per heavy atom. The third kappa shape index (κ3) is 2.76. The standard InChI is InChI=1S/C29H32O4/c1-15(2)6-9-18-20(31)14-23-25(24(18)22-12-16-7-8-17(30)13-21(16)32-22)27-26-19(28(27,3)4)10-11-29(26,5)33-23/h6-8,12-14,19,26-27,30-31H,9-11H2,1-5H3/t19-,26+,27+,29+/m1/s1. The first kappa shape index (κ1) is 20.7. The van der Waals surface area contributed by atoms with Crippen molar-refractivity contribution in [1.29, 1.82) is 0 Å². The van der Waals surface area contributed by atoms with Crippen LogP contribution in [0.4, 0.5) is 0 Å². The van der Waals surface area contributed by atoms with Crippen molar-refractivity contribution in [1.82, 2.24) is 0 Å². The Hall–Kier alpha value is -2.88. The number of phenols is 2. The van der Waals surface area contributed by atoms with E-state index in [-0.39, 0.29) is 22.5 Å². The van der Waals surface area contributed by atoms with Gasteiger partial charge in [-0.05, 0) is 69.6 Å². The minimum absolute atomic E-state index is 0.157. The molecule has 1 aromatic heterocycles. The zero-order valence-electron chi connectivity index (χ0n) is 20.0. The lowest BCUT2D eigenvalue weighted by atomic mass is 9.44. The van der Waals surface area contributed by atoms with Crippen LogP contribution in [0.1, 0.15) is 64.5 Å². The van der Waals surface area contributed by atoms with E-state index in [2.05, 4.69) is 40.7 Å². The fourth-order valence-electron chi connectivity index (χ4n) is 7.16.